The fourth-order valence-corrected chi connectivity index (χ4v) is 4.62. The molecule has 0 fully saturated rings. The Labute approximate surface area is 186 Å². The van der Waals surface area contributed by atoms with Gasteiger partial charge in [-0.1, -0.05) is 83.9 Å². The number of hydrogen-bond donors (Lipinski definition) is 0. The van der Waals surface area contributed by atoms with E-state index in [1.165, 1.54) is 22.3 Å². The minimum Gasteiger partial charge on any atom is -0.464 e. The summed E-state index contributed by atoms with van der Waals surface area (Å²) in [5.41, 5.74) is 7.20. The Bertz CT molecular complexity index is 1100. The van der Waals surface area contributed by atoms with Crippen LogP contribution >= 0.6 is 15.9 Å². The molecule has 0 N–H and O–H groups in total. The van der Waals surface area contributed by atoms with Gasteiger partial charge in [-0.25, -0.2) is 5.01 Å². The first kappa shape index (κ1) is 19.4. The third kappa shape index (κ3) is 3.43. The Morgan fingerprint density at radius 3 is 2.43 bits per heavy atom. The quantitative estimate of drug-likeness (QED) is 0.415. The van der Waals surface area contributed by atoms with Gasteiger partial charge in [-0.2, -0.15) is 5.10 Å². The fourth-order valence-electron chi connectivity index (χ4n) is 4.24. The van der Waals surface area contributed by atoms with E-state index in [9.17, 15) is 0 Å². The van der Waals surface area contributed by atoms with Gasteiger partial charge in [-0.15, -0.1) is 0 Å². The highest BCUT2D eigenvalue weighted by molar-refractivity contribution is 9.10. The van der Waals surface area contributed by atoms with Gasteiger partial charge in [0.25, 0.3) is 0 Å². The fraction of sp³-hybridized carbons (Fsp3) is 0.269. The molecule has 152 valence electrons. The average molecular weight is 461 g/mol. The number of ether oxygens (including phenoxy) is 1. The molecule has 4 heteroatoms. The number of aryl methyl sites for hydroxylation is 1. The van der Waals surface area contributed by atoms with Crippen LogP contribution in [0.25, 0.3) is 0 Å². The van der Waals surface area contributed by atoms with Gasteiger partial charge in [0, 0.05) is 22.0 Å². The van der Waals surface area contributed by atoms with E-state index in [-0.39, 0.29) is 12.3 Å². The molecule has 0 spiro atoms. The first-order valence-electron chi connectivity index (χ1n) is 10.5. The molecule has 2 heterocycles. The van der Waals surface area contributed by atoms with Gasteiger partial charge in [0.1, 0.15) is 5.75 Å². The maximum absolute atomic E-state index is 6.49. The molecule has 5 rings (SSSR count). The molecule has 0 saturated heterocycles. The van der Waals surface area contributed by atoms with Crippen molar-refractivity contribution in [2.45, 2.75) is 45.4 Å². The van der Waals surface area contributed by atoms with Gasteiger partial charge in [0.15, 0.2) is 0 Å². The maximum atomic E-state index is 6.49. The molecule has 3 nitrogen and oxygen atoms in total. The van der Waals surface area contributed by atoms with Crippen molar-refractivity contribution < 1.29 is 4.74 Å². The topological polar surface area (TPSA) is 24.8 Å². The summed E-state index contributed by atoms with van der Waals surface area (Å²) >= 11 is 3.63. The summed E-state index contributed by atoms with van der Waals surface area (Å²) < 4.78 is 7.55. The lowest BCUT2D eigenvalue weighted by Gasteiger charge is -2.38. The van der Waals surface area contributed by atoms with Crippen LogP contribution in [0.15, 0.2) is 76.3 Å². The van der Waals surface area contributed by atoms with E-state index in [4.69, 9.17) is 9.84 Å². The summed E-state index contributed by atoms with van der Waals surface area (Å²) in [6.45, 7) is 6.55. The van der Waals surface area contributed by atoms with Crippen LogP contribution in [-0.2, 0) is 0 Å². The number of hydrogen-bond acceptors (Lipinski definition) is 3. The van der Waals surface area contributed by atoms with Crippen LogP contribution < -0.4 is 4.74 Å². The Balaban J connectivity index is 1.57. The van der Waals surface area contributed by atoms with Crippen molar-refractivity contribution in [3.05, 3.63) is 99.0 Å². The molecule has 0 aromatic heterocycles. The third-order valence-corrected chi connectivity index (χ3v) is 6.52. The van der Waals surface area contributed by atoms with Crippen LogP contribution in [0.4, 0.5) is 0 Å². The van der Waals surface area contributed by atoms with Crippen molar-refractivity contribution in [2.24, 2.45) is 5.10 Å². The zero-order valence-corrected chi connectivity index (χ0v) is 19.1. The molecule has 2 aliphatic rings. The molecule has 3 aromatic rings. The van der Waals surface area contributed by atoms with Crippen LogP contribution in [0.5, 0.6) is 5.75 Å². The predicted octanol–water partition coefficient (Wildman–Crippen LogP) is 7.12. The van der Waals surface area contributed by atoms with Gasteiger partial charge in [-0.3, -0.25) is 0 Å². The number of halogens is 1. The molecule has 2 unspecified atom stereocenters. The summed E-state index contributed by atoms with van der Waals surface area (Å²) in [7, 11) is 0. The summed E-state index contributed by atoms with van der Waals surface area (Å²) in [6.07, 6.45) is 0.643. The lowest BCUT2D eigenvalue weighted by molar-refractivity contribution is -0.0190. The van der Waals surface area contributed by atoms with Gasteiger partial charge < -0.3 is 4.74 Å². The molecule has 0 bridgehead atoms. The second-order valence-electron chi connectivity index (χ2n) is 8.49. The van der Waals surface area contributed by atoms with Gasteiger partial charge in [-0.05, 0) is 42.2 Å². The number of fused-ring (bicyclic) bond motifs is 3. The molecule has 0 amide bonds. The minimum absolute atomic E-state index is 0.164. The van der Waals surface area contributed by atoms with Crippen LogP contribution in [0.2, 0.25) is 0 Å². The van der Waals surface area contributed by atoms with E-state index in [2.05, 4.69) is 102 Å². The van der Waals surface area contributed by atoms with Crippen molar-refractivity contribution in [2.75, 3.05) is 0 Å². The van der Waals surface area contributed by atoms with Crippen LogP contribution in [0.3, 0.4) is 0 Å². The minimum atomic E-state index is -0.229. The van der Waals surface area contributed by atoms with E-state index in [0.717, 1.165) is 27.9 Å². The van der Waals surface area contributed by atoms with Gasteiger partial charge in [0.2, 0.25) is 6.23 Å². The molecule has 0 saturated carbocycles. The highest BCUT2D eigenvalue weighted by Gasteiger charge is 2.41. The Morgan fingerprint density at radius 1 is 1.00 bits per heavy atom. The summed E-state index contributed by atoms with van der Waals surface area (Å²) in [4.78, 5) is 0. The monoisotopic (exact) mass is 460 g/mol. The predicted molar refractivity (Wildman–Crippen MR) is 125 cm³/mol. The number of hydrazone groups is 1. The molecule has 0 radical (unpaired) electrons. The highest BCUT2D eigenvalue weighted by Crippen LogP contribution is 2.48. The standard InChI is InChI=1S/C26H25BrN2O/c1-16(2)18-8-10-20(11-9-18)26-29-24(22-14-21(27)12-13-25(22)30-26)15-23(28-29)19-6-4-17(3)5-7-19/h4-14,16,24,26H,15H2,1-3H3. The zero-order valence-electron chi connectivity index (χ0n) is 17.5. The van der Waals surface area contributed by atoms with Crippen molar-refractivity contribution in [1.29, 1.82) is 0 Å². The second-order valence-corrected chi connectivity index (χ2v) is 9.40. The van der Waals surface area contributed by atoms with Crippen molar-refractivity contribution in [3.8, 4) is 5.75 Å². The zero-order chi connectivity index (χ0) is 20.8. The first-order chi connectivity index (χ1) is 14.5. The van der Waals surface area contributed by atoms with Crippen LogP contribution in [-0.4, -0.2) is 10.7 Å². The molecule has 0 aliphatic carbocycles. The van der Waals surface area contributed by atoms with Crippen molar-refractivity contribution >= 4 is 21.6 Å². The van der Waals surface area contributed by atoms with E-state index in [1.54, 1.807) is 0 Å². The molecule has 3 aromatic carbocycles. The average Bonchev–Trinajstić information content (AvgIpc) is 3.19. The number of rotatable bonds is 3. The van der Waals surface area contributed by atoms with Crippen molar-refractivity contribution in [3.63, 3.8) is 0 Å². The van der Waals surface area contributed by atoms with Gasteiger partial charge >= 0.3 is 0 Å². The van der Waals surface area contributed by atoms with E-state index >= 15 is 0 Å². The Morgan fingerprint density at radius 2 is 1.73 bits per heavy atom. The number of nitrogens with zero attached hydrogens (tertiary/aromatic N) is 2. The van der Waals surface area contributed by atoms with E-state index in [0.29, 0.717) is 5.92 Å². The Hall–Kier alpha value is -2.59. The SMILES string of the molecule is Cc1ccc(C2=NN3C(C2)c2cc(Br)ccc2OC3c2ccc(C(C)C)cc2)cc1. The summed E-state index contributed by atoms with van der Waals surface area (Å²) in [6, 6.07) is 23.9. The van der Waals surface area contributed by atoms with Gasteiger partial charge in [0.05, 0.1) is 11.8 Å². The van der Waals surface area contributed by atoms with E-state index < -0.39 is 0 Å². The maximum Gasteiger partial charge on any atom is 0.213 e. The molecular formula is C26H25BrN2O. The number of benzene rings is 3. The van der Waals surface area contributed by atoms with E-state index in [1.807, 2.05) is 6.07 Å². The Kier molecular flexibility index (Phi) is 4.90. The molecular weight excluding hydrogens is 436 g/mol. The van der Waals surface area contributed by atoms with Crippen molar-refractivity contribution in [1.82, 2.24) is 5.01 Å². The highest BCUT2D eigenvalue weighted by atomic mass is 79.9. The molecule has 30 heavy (non-hydrogen) atoms. The largest absolute Gasteiger partial charge is 0.464 e. The lowest BCUT2D eigenvalue weighted by atomic mass is 9.95. The summed E-state index contributed by atoms with van der Waals surface area (Å²) in [5.74, 6) is 1.45. The lowest BCUT2D eigenvalue weighted by Crippen LogP contribution is -2.33. The molecule has 2 aliphatic heterocycles. The van der Waals surface area contributed by atoms with Crippen LogP contribution in [0.1, 0.15) is 66.3 Å². The smallest absolute Gasteiger partial charge is 0.213 e. The second kappa shape index (κ2) is 7.59. The third-order valence-electron chi connectivity index (χ3n) is 6.02. The first-order valence-corrected chi connectivity index (χ1v) is 11.3. The normalized spacial score (nSPS) is 19.9. The molecule has 2 atom stereocenters. The summed E-state index contributed by atoms with van der Waals surface area (Å²) in [5, 5.41) is 7.21. The van der Waals surface area contributed by atoms with Crippen LogP contribution in [0, 0.1) is 6.92 Å².